The fourth-order valence-corrected chi connectivity index (χ4v) is 6.75. The van der Waals surface area contributed by atoms with Crippen molar-refractivity contribution < 1.29 is 36.7 Å². The van der Waals surface area contributed by atoms with Crippen LogP contribution in [-0.2, 0) is 17.8 Å². The Hall–Kier alpha value is -2.93. The van der Waals surface area contributed by atoms with Crippen molar-refractivity contribution in [1.82, 2.24) is 10.1 Å². The van der Waals surface area contributed by atoms with Crippen molar-refractivity contribution in [3.8, 4) is 11.3 Å². The van der Waals surface area contributed by atoms with E-state index < -0.39 is 29.3 Å². The van der Waals surface area contributed by atoms with Crippen molar-refractivity contribution >= 4 is 55.9 Å². The summed E-state index contributed by atoms with van der Waals surface area (Å²) in [5.41, 5.74) is -0.743. The van der Waals surface area contributed by atoms with Gasteiger partial charge in [-0.25, -0.2) is 27.3 Å². The lowest BCUT2D eigenvalue weighted by Crippen LogP contribution is -2.44. The largest absolute Gasteiger partial charge is 0.478 e. The van der Waals surface area contributed by atoms with Crippen LogP contribution in [-0.4, -0.2) is 52.5 Å². The molecule has 1 saturated carbocycles. The van der Waals surface area contributed by atoms with E-state index in [4.69, 9.17) is 32.5 Å². The number of aromatic nitrogens is 2. The van der Waals surface area contributed by atoms with E-state index in [9.17, 15) is 23.1 Å². The van der Waals surface area contributed by atoms with Crippen molar-refractivity contribution in [3.63, 3.8) is 0 Å². The van der Waals surface area contributed by atoms with Crippen LogP contribution in [0.5, 0.6) is 0 Å². The van der Waals surface area contributed by atoms with Crippen molar-refractivity contribution in [2.45, 2.75) is 43.9 Å². The molecule has 1 saturated heterocycles. The third kappa shape index (κ3) is 5.69. The van der Waals surface area contributed by atoms with Crippen LogP contribution < -0.4 is 4.90 Å². The normalized spacial score (nSPS) is 19.4. The molecule has 1 N–H and O–H groups in total. The van der Waals surface area contributed by atoms with Crippen LogP contribution in [0.3, 0.4) is 0 Å². The molecule has 4 aromatic rings. The number of nitrogens with zero attached hydrogens (tertiary/aromatic N) is 3. The fourth-order valence-electron chi connectivity index (χ4n) is 5.10. The molecule has 7 nitrogen and oxygen atoms in total. The van der Waals surface area contributed by atoms with Crippen LogP contribution in [0.1, 0.15) is 40.9 Å². The summed E-state index contributed by atoms with van der Waals surface area (Å²) >= 11 is 13.9. The SMILES string of the molecule is O=C(O)c1cc(F)c2nc(N3CCC(F)(COCc4c(-c5c(Cl)cccc5Cl)noc4CC4CC4(F)F)CC3)sc2c1. The molecule has 1 aliphatic heterocycles. The van der Waals surface area contributed by atoms with E-state index >= 15 is 4.39 Å². The summed E-state index contributed by atoms with van der Waals surface area (Å²) in [4.78, 5) is 17.4. The maximum atomic E-state index is 15.8. The second-order valence-electron chi connectivity index (χ2n) is 10.6. The van der Waals surface area contributed by atoms with Crippen LogP contribution in [0.25, 0.3) is 21.5 Å². The number of anilines is 1. The first-order valence-corrected chi connectivity index (χ1v) is 14.7. The zero-order valence-corrected chi connectivity index (χ0v) is 24.1. The standard InChI is InChI=1S/C28H23Cl2F4N3O4S/c29-17-2-1-3-18(30)22(17)23-16(20(41-36-23)10-15-11-28(15,33)34)12-40-13-27(32)4-6-37(7-5-27)26-35-24-19(31)8-14(25(38)39)9-21(24)42-26/h1-3,8-9,15H,4-7,10-13H2,(H,38,39). The van der Waals surface area contributed by atoms with Crippen molar-refractivity contribution in [1.29, 1.82) is 0 Å². The Labute approximate surface area is 251 Å². The number of benzene rings is 2. The number of carbonyl (C=O) groups is 1. The average Bonchev–Trinajstić information content (AvgIpc) is 3.23. The van der Waals surface area contributed by atoms with Crippen LogP contribution in [0.15, 0.2) is 34.9 Å². The molecule has 42 heavy (non-hydrogen) atoms. The summed E-state index contributed by atoms with van der Waals surface area (Å²) < 4.78 is 69.2. The third-order valence-electron chi connectivity index (χ3n) is 7.68. The Kier molecular flexibility index (Phi) is 7.61. The van der Waals surface area contributed by atoms with Crippen LogP contribution in [0, 0.1) is 11.7 Å². The second-order valence-corrected chi connectivity index (χ2v) is 12.5. The van der Waals surface area contributed by atoms with Gasteiger partial charge in [0, 0.05) is 55.8 Å². The van der Waals surface area contributed by atoms with E-state index in [-0.39, 0.29) is 74.5 Å². The maximum absolute atomic E-state index is 15.8. The molecule has 0 amide bonds. The number of thiazole rings is 1. The van der Waals surface area contributed by atoms with Crippen molar-refractivity contribution in [3.05, 3.63) is 63.1 Å². The van der Waals surface area contributed by atoms with Gasteiger partial charge >= 0.3 is 5.97 Å². The number of rotatable bonds is 9. The van der Waals surface area contributed by atoms with E-state index in [1.165, 1.54) is 6.07 Å². The zero-order valence-electron chi connectivity index (χ0n) is 21.8. The lowest BCUT2D eigenvalue weighted by Gasteiger charge is -2.36. The molecule has 14 heteroatoms. The fraction of sp³-hybridized carbons (Fsp3) is 0.393. The zero-order chi connectivity index (χ0) is 29.8. The number of hydrogen-bond donors (Lipinski definition) is 1. The number of carboxylic acid groups (broad SMARTS) is 1. The molecule has 1 aliphatic carbocycles. The number of hydrogen-bond acceptors (Lipinski definition) is 7. The van der Waals surface area contributed by atoms with Gasteiger partial charge in [0.05, 0.1) is 33.5 Å². The van der Waals surface area contributed by atoms with E-state index in [0.717, 1.165) is 17.4 Å². The highest BCUT2D eigenvalue weighted by molar-refractivity contribution is 7.22. The highest BCUT2D eigenvalue weighted by atomic mass is 35.5. The van der Waals surface area contributed by atoms with Gasteiger partial charge in [-0.05, 0) is 24.3 Å². The topological polar surface area (TPSA) is 88.7 Å². The van der Waals surface area contributed by atoms with Gasteiger partial charge in [0.2, 0.25) is 0 Å². The molecule has 222 valence electrons. The lowest BCUT2D eigenvalue weighted by atomic mass is 9.94. The molecular formula is C28H23Cl2F4N3O4S. The number of fused-ring (bicyclic) bond motifs is 1. The van der Waals surface area contributed by atoms with Crippen molar-refractivity contribution in [2.75, 3.05) is 24.6 Å². The quantitative estimate of drug-likeness (QED) is 0.186. The minimum absolute atomic E-state index is 0.0484. The maximum Gasteiger partial charge on any atom is 0.335 e. The summed E-state index contributed by atoms with van der Waals surface area (Å²) in [6.07, 6.45) is -0.102. The number of halogens is 6. The van der Waals surface area contributed by atoms with Gasteiger partial charge in [0.25, 0.3) is 5.92 Å². The minimum Gasteiger partial charge on any atom is -0.478 e. The molecule has 2 aromatic carbocycles. The second kappa shape index (κ2) is 11.0. The van der Waals surface area contributed by atoms with E-state index in [1.54, 1.807) is 18.2 Å². The molecule has 2 fully saturated rings. The van der Waals surface area contributed by atoms with Gasteiger partial charge in [-0.2, -0.15) is 0 Å². The highest BCUT2D eigenvalue weighted by Gasteiger charge is 2.57. The predicted molar refractivity (Wildman–Crippen MR) is 150 cm³/mol. The predicted octanol–water partition coefficient (Wildman–Crippen LogP) is 7.82. The third-order valence-corrected chi connectivity index (χ3v) is 9.37. The number of piperidine rings is 1. The highest BCUT2D eigenvalue weighted by Crippen LogP contribution is 2.51. The van der Waals surface area contributed by atoms with Crippen LogP contribution >= 0.6 is 34.5 Å². The number of ether oxygens (including phenoxy) is 1. The molecule has 2 aliphatic rings. The summed E-state index contributed by atoms with van der Waals surface area (Å²) in [5, 5.41) is 14.3. The Morgan fingerprint density at radius 2 is 1.88 bits per heavy atom. The molecule has 0 bridgehead atoms. The van der Waals surface area contributed by atoms with Gasteiger partial charge < -0.3 is 19.3 Å². The molecule has 2 aromatic heterocycles. The Bertz CT molecular complexity index is 1650. The average molecular weight is 644 g/mol. The van der Waals surface area contributed by atoms with Crippen LogP contribution in [0.4, 0.5) is 22.7 Å². The molecule has 6 rings (SSSR count). The van der Waals surface area contributed by atoms with Crippen molar-refractivity contribution in [2.24, 2.45) is 5.92 Å². The molecule has 1 atom stereocenters. The smallest absolute Gasteiger partial charge is 0.335 e. The number of aromatic carboxylic acids is 1. The summed E-state index contributed by atoms with van der Waals surface area (Å²) in [6.45, 7) is 0.148. The Balaban J connectivity index is 1.14. The van der Waals surface area contributed by atoms with Gasteiger partial charge in [0.1, 0.15) is 22.6 Å². The minimum atomic E-state index is -2.77. The van der Waals surface area contributed by atoms with Gasteiger partial charge in [0.15, 0.2) is 10.9 Å². The summed E-state index contributed by atoms with van der Waals surface area (Å²) in [7, 11) is 0. The summed E-state index contributed by atoms with van der Waals surface area (Å²) in [6, 6.07) is 7.19. The Morgan fingerprint density at radius 1 is 1.19 bits per heavy atom. The molecule has 0 radical (unpaired) electrons. The van der Waals surface area contributed by atoms with Gasteiger partial charge in [-0.3, -0.25) is 0 Å². The molecule has 1 unspecified atom stereocenters. The van der Waals surface area contributed by atoms with Crippen LogP contribution in [0.2, 0.25) is 10.0 Å². The van der Waals surface area contributed by atoms with Gasteiger partial charge in [-0.15, -0.1) is 0 Å². The first kappa shape index (κ1) is 29.2. The van der Waals surface area contributed by atoms with E-state index in [1.807, 2.05) is 4.90 Å². The molecular weight excluding hydrogens is 621 g/mol. The van der Waals surface area contributed by atoms with Gasteiger partial charge in [-0.1, -0.05) is 45.8 Å². The molecule has 3 heterocycles. The number of alkyl halides is 3. The molecule has 0 spiro atoms. The first-order valence-electron chi connectivity index (χ1n) is 13.1. The lowest BCUT2D eigenvalue weighted by molar-refractivity contribution is -0.00762. The number of carboxylic acids is 1. The monoisotopic (exact) mass is 643 g/mol. The summed E-state index contributed by atoms with van der Waals surface area (Å²) in [5.74, 6) is -5.38. The Morgan fingerprint density at radius 3 is 2.52 bits per heavy atom. The van der Waals surface area contributed by atoms with E-state index in [0.29, 0.717) is 31.0 Å². The first-order chi connectivity index (χ1) is 19.9. The van der Waals surface area contributed by atoms with E-state index in [2.05, 4.69) is 10.1 Å².